The van der Waals surface area contributed by atoms with Gasteiger partial charge in [-0.15, -0.1) is 0 Å². The molecule has 0 bridgehead atoms. The van der Waals surface area contributed by atoms with E-state index in [9.17, 15) is 4.79 Å². The summed E-state index contributed by atoms with van der Waals surface area (Å²) in [6.45, 7) is 0. The van der Waals surface area contributed by atoms with Gasteiger partial charge in [-0.1, -0.05) is 0 Å². The summed E-state index contributed by atoms with van der Waals surface area (Å²) in [5, 5.41) is 3.92. The number of hydrogen-bond acceptors (Lipinski definition) is 5. The van der Waals surface area contributed by atoms with Crippen molar-refractivity contribution < 1.29 is 9.53 Å². The molecule has 0 aliphatic heterocycles. The Hall–Kier alpha value is -2.24. The summed E-state index contributed by atoms with van der Waals surface area (Å²) in [5.74, 6) is 1.02. The first-order valence-electron chi connectivity index (χ1n) is 5.06. The predicted molar refractivity (Wildman–Crippen MR) is 59.8 cm³/mol. The molecule has 0 unspecified atom stereocenters. The van der Waals surface area contributed by atoms with Crippen LogP contribution in [0.1, 0.15) is 16.2 Å². The van der Waals surface area contributed by atoms with Crippen LogP contribution in [0.3, 0.4) is 0 Å². The fourth-order valence-corrected chi connectivity index (χ4v) is 1.49. The summed E-state index contributed by atoms with van der Waals surface area (Å²) in [5.41, 5.74) is 0.505. The highest BCUT2D eigenvalue weighted by Crippen LogP contribution is 2.17. The molecule has 0 radical (unpaired) electrons. The highest BCUT2D eigenvalue weighted by Gasteiger charge is 2.14. The molecule has 0 saturated heterocycles. The van der Waals surface area contributed by atoms with Crippen molar-refractivity contribution in [3.05, 3.63) is 36.2 Å². The molecular weight excluding hydrogens is 220 g/mol. The maximum absolute atomic E-state index is 12.1. The Kier molecular flexibility index (Phi) is 3.13. The quantitative estimate of drug-likeness (QED) is 0.724. The minimum Gasteiger partial charge on any atom is -0.494 e. The van der Waals surface area contributed by atoms with E-state index in [0.717, 1.165) is 0 Å². The molecule has 0 amide bonds. The molecule has 2 aromatic rings. The third kappa shape index (κ3) is 2.30. The number of pyridine rings is 1. The number of methoxy groups -OCH3 is 1. The number of ether oxygens (including phenoxy) is 1. The van der Waals surface area contributed by atoms with E-state index in [0.29, 0.717) is 17.1 Å². The van der Waals surface area contributed by atoms with Gasteiger partial charge in [-0.25, -0.2) is 4.98 Å². The minimum atomic E-state index is -0.0691. The maximum atomic E-state index is 12.1. The Balaban J connectivity index is 2.23. The molecule has 17 heavy (non-hydrogen) atoms. The predicted octanol–water partition coefficient (Wildman–Crippen LogP) is 0.644. The van der Waals surface area contributed by atoms with Crippen molar-refractivity contribution in [3.8, 4) is 5.75 Å². The molecule has 0 aliphatic rings. The van der Waals surface area contributed by atoms with Crippen LogP contribution in [0.25, 0.3) is 0 Å². The summed E-state index contributed by atoms with van der Waals surface area (Å²) in [6, 6.07) is 1.64. The lowest BCUT2D eigenvalue weighted by Gasteiger charge is -2.05. The van der Waals surface area contributed by atoms with E-state index in [1.54, 1.807) is 24.0 Å². The lowest BCUT2D eigenvalue weighted by Crippen LogP contribution is -2.10. The van der Waals surface area contributed by atoms with Crippen LogP contribution in [0.4, 0.5) is 0 Å². The number of Topliss-reactive ketones (excluding diaryl/α,β-unsaturated/α-hetero) is 1. The van der Waals surface area contributed by atoms with Crippen molar-refractivity contribution in [2.45, 2.75) is 6.42 Å². The zero-order chi connectivity index (χ0) is 12.3. The molecular formula is C11H12N4O2. The third-order valence-corrected chi connectivity index (χ3v) is 2.43. The number of hydrogen-bond donors (Lipinski definition) is 0. The number of nitrogens with zero attached hydrogens (tertiary/aromatic N) is 4. The summed E-state index contributed by atoms with van der Waals surface area (Å²) in [7, 11) is 3.26. The van der Waals surface area contributed by atoms with Crippen LogP contribution in [0.15, 0.2) is 24.8 Å². The first-order chi connectivity index (χ1) is 8.22. The Morgan fingerprint density at radius 1 is 1.53 bits per heavy atom. The number of carbonyl (C=O) groups excluding carboxylic acids is 1. The lowest BCUT2D eigenvalue weighted by atomic mass is 10.1. The van der Waals surface area contributed by atoms with Crippen molar-refractivity contribution >= 4 is 5.78 Å². The molecule has 6 nitrogen and oxygen atoms in total. The Bertz CT molecular complexity index is 536. The molecule has 2 aromatic heterocycles. The van der Waals surface area contributed by atoms with Crippen molar-refractivity contribution in [3.63, 3.8) is 0 Å². The highest BCUT2D eigenvalue weighted by atomic mass is 16.5. The molecule has 88 valence electrons. The Morgan fingerprint density at radius 2 is 2.35 bits per heavy atom. The topological polar surface area (TPSA) is 69.9 Å². The smallest absolute Gasteiger partial charge is 0.174 e. The number of aromatic nitrogens is 4. The Labute approximate surface area is 98.3 Å². The maximum Gasteiger partial charge on any atom is 0.174 e. The molecule has 0 aromatic carbocycles. The van der Waals surface area contributed by atoms with E-state index in [2.05, 4.69) is 15.1 Å². The van der Waals surface area contributed by atoms with Crippen LogP contribution < -0.4 is 4.74 Å². The Morgan fingerprint density at radius 3 is 3.00 bits per heavy atom. The van der Waals surface area contributed by atoms with E-state index >= 15 is 0 Å². The molecule has 2 rings (SSSR count). The molecule has 0 atom stereocenters. The number of rotatable bonds is 4. The SMILES string of the molecule is COc1cnccc1C(=O)Cc1ncnn1C. The fourth-order valence-electron chi connectivity index (χ4n) is 1.49. The largest absolute Gasteiger partial charge is 0.494 e. The van der Waals surface area contributed by atoms with Gasteiger partial charge in [-0.2, -0.15) is 5.10 Å². The molecule has 6 heteroatoms. The van der Waals surface area contributed by atoms with Gasteiger partial charge in [0.15, 0.2) is 5.78 Å². The van der Waals surface area contributed by atoms with Crippen LogP contribution in [0.2, 0.25) is 0 Å². The highest BCUT2D eigenvalue weighted by molar-refractivity contribution is 5.99. The molecule has 2 heterocycles. The van der Waals surface area contributed by atoms with E-state index in [4.69, 9.17) is 4.74 Å². The summed E-state index contributed by atoms with van der Waals surface area (Å²) >= 11 is 0. The zero-order valence-corrected chi connectivity index (χ0v) is 9.62. The van der Waals surface area contributed by atoms with Crippen molar-refractivity contribution in [1.82, 2.24) is 19.7 Å². The molecule has 0 fully saturated rings. The van der Waals surface area contributed by atoms with E-state index in [1.165, 1.54) is 19.6 Å². The summed E-state index contributed by atoms with van der Waals surface area (Å²) in [4.78, 5) is 20.0. The van der Waals surface area contributed by atoms with Gasteiger partial charge in [0.1, 0.15) is 17.9 Å². The van der Waals surface area contributed by atoms with E-state index in [1.807, 2.05) is 0 Å². The standard InChI is InChI=1S/C11H12N4O2/c1-15-11(13-7-14-15)5-9(16)8-3-4-12-6-10(8)17-2/h3-4,6-7H,5H2,1-2H3. The van der Waals surface area contributed by atoms with Crippen molar-refractivity contribution in [2.24, 2.45) is 7.05 Å². The van der Waals surface area contributed by atoms with Crippen LogP contribution in [-0.2, 0) is 13.5 Å². The first kappa shape index (κ1) is 11.3. The second-order valence-electron chi connectivity index (χ2n) is 3.48. The van der Waals surface area contributed by atoms with Gasteiger partial charge >= 0.3 is 0 Å². The van der Waals surface area contributed by atoms with E-state index in [-0.39, 0.29) is 12.2 Å². The van der Waals surface area contributed by atoms with Gasteiger partial charge in [0.05, 0.1) is 25.3 Å². The number of aryl methyl sites for hydroxylation is 1. The van der Waals surface area contributed by atoms with Gasteiger partial charge < -0.3 is 4.74 Å². The molecule has 0 spiro atoms. The lowest BCUT2D eigenvalue weighted by molar-refractivity contribution is 0.0986. The average molecular weight is 232 g/mol. The van der Waals surface area contributed by atoms with Crippen molar-refractivity contribution in [1.29, 1.82) is 0 Å². The summed E-state index contributed by atoms with van der Waals surface area (Å²) in [6.07, 6.45) is 4.69. The number of ketones is 1. The third-order valence-electron chi connectivity index (χ3n) is 2.43. The van der Waals surface area contributed by atoms with Gasteiger partial charge in [-0.05, 0) is 6.07 Å². The van der Waals surface area contributed by atoms with Crippen LogP contribution in [-0.4, -0.2) is 32.6 Å². The average Bonchev–Trinajstić information content (AvgIpc) is 2.75. The van der Waals surface area contributed by atoms with Crippen LogP contribution in [0.5, 0.6) is 5.75 Å². The monoisotopic (exact) mass is 232 g/mol. The molecule has 0 N–H and O–H groups in total. The van der Waals surface area contributed by atoms with Gasteiger partial charge in [-0.3, -0.25) is 14.5 Å². The summed E-state index contributed by atoms with van der Waals surface area (Å²) < 4.78 is 6.66. The number of carbonyl (C=O) groups is 1. The van der Waals surface area contributed by atoms with Gasteiger partial charge in [0.25, 0.3) is 0 Å². The fraction of sp³-hybridized carbons (Fsp3) is 0.273. The van der Waals surface area contributed by atoms with Crippen molar-refractivity contribution in [2.75, 3.05) is 7.11 Å². The first-order valence-corrected chi connectivity index (χ1v) is 5.06. The van der Waals surface area contributed by atoms with E-state index < -0.39 is 0 Å². The van der Waals surface area contributed by atoms with Gasteiger partial charge in [0, 0.05) is 13.2 Å². The van der Waals surface area contributed by atoms with Crippen LogP contribution in [0, 0.1) is 0 Å². The second-order valence-corrected chi connectivity index (χ2v) is 3.48. The van der Waals surface area contributed by atoms with Crippen LogP contribution >= 0.6 is 0 Å². The molecule has 0 saturated carbocycles. The normalized spacial score (nSPS) is 10.2. The minimum absolute atomic E-state index is 0.0691. The second kappa shape index (κ2) is 4.73. The zero-order valence-electron chi connectivity index (χ0n) is 9.62. The van der Waals surface area contributed by atoms with Gasteiger partial charge in [0.2, 0.25) is 0 Å². The molecule has 0 aliphatic carbocycles.